The van der Waals surface area contributed by atoms with E-state index in [0.717, 1.165) is 0 Å². The van der Waals surface area contributed by atoms with Gasteiger partial charge in [-0.2, -0.15) is 0 Å². The SMILES string of the molecule is O=C(O)[C@H]1O[C@H](OC2[C@@H](C(=O)O)OC(O)[C@H](O)[C@H]2O)[C@H](O)[C@@H](O)C1O. The molecule has 0 radical (unpaired) electrons. The Kier molecular flexibility index (Phi) is 5.93. The Bertz CT molecular complexity index is 511. The molecule has 0 aromatic heterocycles. The van der Waals surface area contributed by atoms with E-state index in [4.69, 9.17) is 19.7 Å². The maximum absolute atomic E-state index is 11.2. The first kappa shape index (κ1) is 19.9. The summed E-state index contributed by atoms with van der Waals surface area (Å²) in [5.74, 6) is -3.39. The third-order valence-electron chi connectivity index (χ3n) is 3.91. The van der Waals surface area contributed by atoms with E-state index in [-0.39, 0.29) is 0 Å². The van der Waals surface area contributed by atoms with Gasteiger partial charge in [-0.3, -0.25) is 0 Å². The van der Waals surface area contributed by atoms with Crippen LogP contribution in [0.3, 0.4) is 0 Å². The number of carboxylic acids is 2. The van der Waals surface area contributed by atoms with Crippen LogP contribution in [0.25, 0.3) is 0 Å². The second-order valence-electron chi connectivity index (χ2n) is 5.60. The molecule has 144 valence electrons. The molecule has 2 rings (SSSR count). The summed E-state index contributed by atoms with van der Waals surface area (Å²) < 4.78 is 14.4. The second-order valence-corrected chi connectivity index (χ2v) is 5.60. The van der Waals surface area contributed by atoms with Gasteiger partial charge in [0, 0.05) is 0 Å². The molecule has 2 aliphatic heterocycles. The third-order valence-corrected chi connectivity index (χ3v) is 3.91. The van der Waals surface area contributed by atoms with Gasteiger partial charge in [0.15, 0.2) is 24.8 Å². The van der Waals surface area contributed by atoms with Gasteiger partial charge in [-0.05, 0) is 0 Å². The van der Waals surface area contributed by atoms with Crippen LogP contribution in [0.2, 0.25) is 0 Å². The van der Waals surface area contributed by atoms with E-state index in [1.165, 1.54) is 0 Å². The first-order valence-corrected chi connectivity index (χ1v) is 7.06. The summed E-state index contributed by atoms with van der Waals surface area (Å²) in [4.78, 5) is 22.2. The van der Waals surface area contributed by atoms with Crippen LogP contribution in [0, 0.1) is 0 Å². The molecule has 25 heavy (non-hydrogen) atoms. The first-order chi connectivity index (χ1) is 11.6. The number of hydrogen-bond acceptors (Lipinski definition) is 11. The third kappa shape index (κ3) is 3.74. The summed E-state index contributed by atoms with van der Waals surface area (Å²) in [6, 6.07) is 0. The van der Waals surface area contributed by atoms with Crippen molar-refractivity contribution in [2.75, 3.05) is 0 Å². The molecule has 3 unspecified atom stereocenters. The van der Waals surface area contributed by atoms with Crippen LogP contribution in [-0.2, 0) is 23.8 Å². The van der Waals surface area contributed by atoms with Crippen molar-refractivity contribution in [3.05, 3.63) is 0 Å². The quantitative estimate of drug-likeness (QED) is 0.232. The molecule has 2 saturated heterocycles. The molecule has 0 aromatic rings. The zero-order valence-corrected chi connectivity index (χ0v) is 12.4. The highest BCUT2D eigenvalue weighted by molar-refractivity contribution is 5.74. The van der Waals surface area contributed by atoms with Crippen molar-refractivity contribution in [2.45, 2.75) is 61.4 Å². The molecule has 0 aliphatic carbocycles. The second kappa shape index (κ2) is 7.45. The summed E-state index contributed by atoms with van der Waals surface area (Å²) in [5.41, 5.74) is 0. The Labute approximate surface area is 139 Å². The summed E-state index contributed by atoms with van der Waals surface area (Å²) in [6.45, 7) is 0. The van der Waals surface area contributed by atoms with Gasteiger partial charge in [-0.25, -0.2) is 9.59 Å². The van der Waals surface area contributed by atoms with E-state index >= 15 is 0 Å². The fourth-order valence-corrected chi connectivity index (χ4v) is 2.52. The first-order valence-electron chi connectivity index (χ1n) is 7.06. The highest BCUT2D eigenvalue weighted by Crippen LogP contribution is 2.28. The largest absolute Gasteiger partial charge is 0.479 e. The van der Waals surface area contributed by atoms with E-state index in [9.17, 15) is 40.2 Å². The van der Waals surface area contributed by atoms with Crippen LogP contribution < -0.4 is 0 Å². The highest BCUT2D eigenvalue weighted by Gasteiger charge is 2.53. The average molecular weight is 370 g/mol. The Morgan fingerprint density at radius 1 is 0.680 bits per heavy atom. The number of hydrogen-bond donors (Lipinski definition) is 8. The number of carbonyl (C=O) groups is 2. The molecule has 0 amide bonds. The van der Waals surface area contributed by atoms with Gasteiger partial charge in [0.2, 0.25) is 0 Å². The fourth-order valence-electron chi connectivity index (χ4n) is 2.52. The molecular weight excluding hydrogens is 352 g/mol. The van der Waals surface area contributed by atoms with Crippen molar-refractivity contribution in [3.63, 3.8) is 0 Å². The molecule has 0 bridgehead atoms. The van der Waals surface area contributed by atoms with Crippen molar-refractivity contribution in [3.8, 4) is 0 Å². The number of aliphatic hydroxyl groups excluding tert-OH is 6. The van der Waals surface area contributed by atoms with Crippen LogP contribution in [0.5, 0.6) is 0 Å². The van der Waals surface area contributed by atoms with E-state index in [2.05, 4.69) is 4.74 Å². The van der Waals surface area contributed by atoms with Gasteiger partial charge >= 0.3 is 11.9 Å². The Morgan fingerprint density at radius 2 is 1.24 bits per heavy atom. The molecule has 0 spiro atoms. The lowest BCUT2D eigenvalue weighted by Gasteiger charge is -2.44. The van der Waals surface area contributed by atoms with Crippen molar-refractivity contribution in [1.82, 2.24) is 0 Å². The van der Waals surface area contributed by atoms with Crippen molar-refractivity contribution >= 4 is 11.9 Å². The molecule has 2 fully saturated rings. The van der Waals surface area contributed by atoms with Crippen LogP contribution in [0.1, 0.15) is 0 Å². The standard InChI is InChI=1S/C12H18O13/c13-1-2(14)7(9(18)19)25-12(5(1)17)24-6-3(15)4(16)11(22)23-8(6)10(20)21/h1-8,11-17,22H,(H,18,19)(H,20,21)/t1-,2?,3+,4+,5+,6?,7-,8-,11?,12-/m0/s1. The summed E-state index contributed by atoms with van der Waals surface area (Å²) in [6.07, 6.45) is -19.9. The number of carboxylic acid groups (broad SMARTS) is 2. The predicted molar refractivity (Wildman–Crippen MR) is 69.7 cm³/mol. The fraction of sp³-hybridized carbons (Fsp3) is 0.833. The topological polar surface area (TPSA) is 224 Å². The minimum absolute atomic E-state index is 1.70. The lowest BCUT2D eigenvalue weighted by molar-refractivity contribution is -0.346. The molecular formula is C12H18O13. The molecule has 13 nitrogen and oxygen atoms in total. The number of aliphatic hydroxyl groups is 6. The number of aliphatic carboxylic acids is 2. The molecule has 13 heteroatoms. The Balaban J connectivity index is 2.22. The van der Waals surface area contributed by atoms with Gasteiger partial charge in [0.05, 0.1) is 0 Å². The van der Waals surface area contributed by atoms with Gasteiger partial charge in [-0.1, -0.05) is 0 Å². The van der Waals surface area contributed by atoms with Gasteiger partial charge < -0.3 is 55.1 Å². The van der Waals surface area contributed by atoms with E-state index in [0.29, 0.717) is 0 Å². The monoisotopic (exact) mass is 370 g/mol. The van der Waals surface area contributed by atoms with Gasteiger partial charge in [0.25, 0.3) is 0 Å². The van der Waals surface area contributed by atoms with Crippen LogP contribution in [0.15, 0.2) is 0 Å². The summed E-state index contributed by atoms with van der Waals surface area (Å²) >= 11 is 0. The maximum Gasteiger partial charge on any atom is 0.335 e. The Morgan fingerprint density at radius 3 is 1.76 bits per heavy atom. The minimum Gasteiger partial charge on any atom is -0.479 e. The van der Waals surface area contributed by atoms with Crippen LogP contribution in [-0.4, -0.2) is 114 Å². The summed E-state index contributed by atoms with van der Waals surface area (Å²) in [7, 11) is 0. The van der Waals surface area contributed by atoms with Crippen molar-refractivity contribution < 1.29 is 64.7 Å². The molecule has 0 saturated carbocycles. The van der Waals surface area contributed by atoms with E-state index in [1.807, 2.05) is 0 Å². The normalized spacial score (nSPS) is 48.1. The highest BCUT2D eigenvalue weighted by atomic mass is 16.7. The zero-order chi connectivity index (χ0) is 19.0. The van der Waals surface area contributed by atoms with Crippen molar-refractivity contribution in [1.29, 1.82) is 0 Å². The lowest BCUT2D eigenvalue weighted by atomic mass is 9.96. The molecule has 2 heterocycles. The van der Waals surface area contributed by atoms with Gasteiger partial charge in [-0.15, -0.1) is 0 Å². The van der Waals surface area contributed by atoms with E-state index < -0.39 is 73.4 Å². The molecule has 0 aromatic carbocycles. The maximum atomic E-state index is 11.2. The molecule has 10 atom stereocenters. The minimum atomic E-state index is -2.03. The smallest absolute Gasteiger partial charge is 0.335 e. The molecule has 2 aliphatic rings. The van der Waals surface area contributed by atoms with Crippen LogP contribution in [0.4, 0.5) is 0 Å². The van der Waals surface area contributed by atoms with Crippen molar-refractivity contribution in [2.24, 2.45) is 0 Å². The van der Waals surface area contributed by atoms with Crippen LogP contribution >= 0.6 is 0 Å². The van der Waals surface area contributed by atoms with Gasteiger partial charge in [0.1, 0.15) is 36.6 Å². The van der Waals surface area contributed by atoms with E-state index in [1.54, 1.807) is 0 Å². The predicted octanol–water partition coefficient (Wildman–Crippen LogP) is -5.21. The molecule has 8 N–H and O–H groups in total. The zero-order valence-electron chi connectivity index (χ0n) is 12.4. The average Bonchev–Trinajstić information content (AvgIpc) is 2.54. The lowest BCUT2D eigenvalue weighted by Crippen LogP contribution is -2.65. The number of ether oxygens (including phenoxy) is 3. The Hall–Kier alpha value is -1.42. The number of rotatable bonds is 4. The summed E-state index contributed by atoms with van der Waals surface area (Å²) in [5, 5.41) is 75.9.